The second-order valence-electron chi connectivity index (χ2n) is 3.77. The molecule has 0 saturated carbocycles. The summed E-state index contributed by atoms with van der Waals surface area (Å²) in [6.45, 7) is 6.28. The molecule has 0 aromatic carbocycles. The van der Waals surface area contributed by atoms with Gasteiger partial charge in [0, 0.05) is 6.04 Å². The molecule has 1 unspecified atom stereocenters. The second-order valence-corrected chi connectivity index (χ2v) is 3.77. The van der Waals surface area contributed by atoms with Crippen LogP contribution in [0.15, 0.2) is 0 Å². The molecular weight excluding hydrogens is 164 g/mol. The van der Waals surface area contributed by atoms with Gasteiger partial charge < -0.3 is 5.32 Å². The number of hydrogen-bond donors (Lipinski definition) is 1. The van der Waals surface area contributed by atoms with Crippen molar-refractivity contribution in [2.24, 2.45) is 5.92 Å². The SMILES string of the molecule is CC(C)CCC(C)NC(=O)CC#N. The first-order chi connectivity index (χ1) is 6.06. The molecule has 0 radical (unpaired) electrons. The van der Waals surface area contributed by atoms with E-state index in [0.717, 1.165) is 12.8 Å². The van der Waals surface area contributed by atoms with Crippen LogP contribution in [0.2, 0.25) is 0 Å². The smallest absolute Gasteiger partial charge is 0.234 e. The van der Waals surface area contributed by atoms with Gasteiger partial charge in [0.15, 0.2) is 0 Å². The third-order valence-corrected chi connectivity index (χ3v) is 1.82. The maximum absolute atomic E-state index is 11.0. The number of nitrogens with zero attached hydrogens (tertiary/aromatic N) is 1. The van der Waals surface area contributed by atoms with Crippen LogP contribution >= 0.6 is 0 Å². The molecule has 0 aliphatic rings. The molecule has 13 heavy (non-hydrogen) atoms. The minimum absolute atomic E-state index is 0.0357. The van der Waals surface area contributed by atoms with E-state index < -0.39 is 0 Å². The standard InChI is InChI=1S/C10H18N2O/c1-8(2)4-5-9(3)12-10(13)6-7-11/h8-9H,4-6H2,1-3H3,(H,12,13). The molecule has 0 aliphatic carbocycles. The molecule has 3 nitrogen and oxygen atoms in total. The molecule has 0 rings (SSSR count). The Hall–Kier alpha value is -1.04. The first-order valence-corrected chi connectivity index (χ1v) is 4.72. The van der Waals surface area contributed by atoms with Crippen LogP contribution in [0, 0.1) is 17.2 Å². The minimum Gasteiger partial charge on any atom is -0.353 e. The Kier molecular flexibility index (Phi) is 5.96. The molecular formula is C10H18N2O. The molecule has 0 spiro atoms. The first kappa shape index (κ1) is 12.0. The summed E-state index contributed by atoms with van der Waals surface area (Å²) < 4.78 is 0. The Morgan fingerprint density at radius 2 is 2.00 bits per heavy atom. The lowest BCUT2D eigenvalue weighted by Crippen LogP contribution is -2.32. The van der Waals surface area contributed by atoms with Crippen molar-refractivity contribution >= 4 is 5.91 Å². The Morgan fingerprint density at radius 1 is 1.38 bits per heavy atom. The number of hydrogen-bond acceptors (Lipinski definition) is 2. The van der Waals surface area contributed by atoms with Crippen molar-refractivity contribution in [2.75, 3.05) is 0 Å². The molecule has 0 aromatic heterocycles. The monoisotopic (exact) mass is 182 g/mol. The molecule has 74 valence electrons. The van der Waals surface area contributed by atoms with E-state index in [4.69, 9.17) is 5.26 Å². The third kappa shape index (κ3) is 7.32. The highest BCUT2D eigenvalue weighted by molar-refractivity contribution is 5.78. The van der Waals surface area contributed by atoms with Crippen LogP contribution < -0.4 is 5.32 Å². The zero-order chi connectivity index (χ0) is 10.3. The molecule has 3 heteroatoms. The van der Waals surface area contributed by atoms with E-state index in [2.05, 4.69) is 19.2 Å². The quantitative estimate of drug-likeness (QED) is 0.705. The van der Waals surface area contributed by atoms with Crippen LogP contribution in [-0.2, 0) is 4.79 Å². The van der Waals surface area contributed by atoms with Gasteiger partial charge in [-0.1, -0.05) is 13.8 Å². The van der Waals surface area contributed by atoms with Gasteiger partial charge in [0.2, 0.25) is 5.91 Å². The molecule has 0 saturated heterocycles. The van der Waals surface area contributed by atoms with Crippen molar-refractivity contribution in [3.63, 3.8) is 0 Å². The van der Waals surface area contributed by atoms with Crippen molar-refractivity contribution in [3.05, 3.63) is 0 Å². The van der Waals surface area contributed by atoms with Gasteiger partial charge in [-0.05, 0) is 25.7 Å². The summed E-state index contributed by atoms with van der Waals surface area (Å²) >= 11 is 0. The van der Waals surface area contributed by atoms with E-state index in [-0.39, 0.29) is 18.4 Å². The highest BCUT2D eigenvalue weighted by Crippen LogP contribution is 2.06. The summed E-state index contributed by atoms with van der Waals surface area (Å²) in [7, 11) is 0. The van der Waals surface area contributed by atoms with Gasteiger partial charge in [0.1, 0.15) is 6.42 Å². The summed E-state index contributed by atoms with van der Waals surface area (Å²) in [5, 5.41) is 11.0. The van der Waals surface area contributed by atoms with E-state index in [1.807, 2.05) is 13.0 Å². The Balaban J connectivity index is 3.56. The largest absolute Gasteiger partial charge is 0.353 e. The van der Waals surface area contributed by atoms with Crippen molar-refractivity contribution in [2.45, 2.75) is 46.1 Å². The highest BCUT2D eigenvalue weighted by atomic mass is 16.1. The van der Waals surface area contributed by atoms with Crippen LogP contribution in [-0.4, -0.2) is 11.9 Å². The summed E-state index contributed by atoms with van der Waals surface area (Å²) in [5.41, 5.74) is 0. The van der Waals surface area contributed by atoms with Crippen molar-refractivity contribution in [1.29, 1.82) is 5.26 Å². The fraction of sp³-hybridized carbons (Fsp3) is 0.800. The maximum atomic E-state index is 11.0. The van der Waals surface area contributed by atoms with Crippen molar-refractivity contribution in [3.8, 4) is 6.07 Å². The summed E-state index contributed by atoms with van der Waals surface area (Å²) in [5.74, 6) is 0.495. The van der Waals surface area contributed by atoms with Gasteiger partial charge in [-0.25, -0.2) is 0 Å². The fourth-order valence-electron chi connectivity index (χ4n) is 1.05. The zero-order valence-corrected chi connectivity index (χ0v) is 8.63. The average molecular weight is 182 g/mol. The van der Waals surface area contributed by atoms with Crippen LogP contribution in [0.5, 0.6) is 0 Å². The average Bonchev–Trinajstić information content (AvgIpc) is 2.01. The lowest BCUT2D eigenvalue weighted by Gasteiger charge is -2.13. The van der Waals surface area contributed by atoms with E-state index >= 15 is 0 Å². The van der Waals surface area contributed by atoms with Gasteiger partial charge in [-0.2, -0.15) is 5.26 Å². The van der Waals surface area contributed by atoms with Gasteiger partial charge in [-0.15, -0.1) is 0 Å². The summed E-state index contributed by atoms with van der Waals surface area (Å²) in [6.07, 6.45) is 2.05. The molecule has 0 heterocycles. The van der Waals surface area contributed by atoms with Gasteiger partial charge >= 0.3 is 0 Å². The predicted molar refractivity (Wildman–Crippen MR) is 51.9 cm³/mol. The Morgan fingerprint density at radius 3 is 2.46 bits per heavy atom. The molecule has 1 amide bonds. The lowest BCUT2D eigenvalue weighted by atomic mass is 10.0. The van der Waals surface area contributed by atoms with Crippen LogP contribution in [0.3, 0.4) is 0 Å². The predicted octanol–water partition coefficient (Wildman–Crippen LogP) is 1.84. The van der Waals surface area contributed by atoms with Gasteiger partial charge in [0.05, 0.1) is 6.07 Å². The maximum Gasteiger partial charge on any atom is 0.234 e. The van der Waals surface area contributed by atoms with Gasteiger partial charge in [0.25, 0.3) is 0 Å². The van der Waals surface area contributed by atoms with Crippen molar-refractivity contribution in [1.82, 2.24) is 5.32 Å². The van der Waals surface area contributed by atoms with E-state index in [0.29, 0.717) is 5.92 Å². The highest BCUT2D eigenvalue weighted by Gasteiger charge is 2.06. The number of carbonyl (C=O) groups excluding carboxylic acids is 1. The lowest BCUT2D eigenvalue weighted by molar-refractivity contribution is -0.120. The number of rotatable bonds is 5. The van der Waals surface area contributed by atoms with Crippen LogP contribution in [0.1, 0.15) is 40.0 Å². The number of carbonyl (C=O) groups is 1. The number of nitrogens with one attached hydrogen (secondary N) is 1. The third-order valence-electron chi connectivity index (χ3n) is 1.82. The normalized spacial score (nSPS) is 12.2. The molecule has 1 N–H and O–H groups in total. The molecule has 0 bridgehead atoms. The molecule has 0 aliphatic heterocycles. The minimum atomic E-state index is -0.168. The fourth-order valence-corrected chi connectivity index (χ4v) is 1.05. The summed E-state index contributed by atoms with van der Waals surface area (Å²) in [6, 6.07) is 2.01. The molecule has 1 atom stereocenters. The van der Waals surface area contributed by atoms with Crippen LogP contribution in [0.25, 0.3) is 0 Å². The number of amides is 1. The van der Waals surface area contributed by atoms with Crippen molar-refractivity contribution < 1.29 is 4.79 Å². The topological polar surface area (TPSA) is 52.9 Å². The van der Waals surface area contributed by atoms with Gasteiger partial charge in [-0.3, -0.25) is 4.79 Å². The second kappa shape index (κ2) is 6.47. The van der Waals surface area contributed by atoms with E-state index in [1.165, 1.54) is 0 Å². The zero-order valence-electron chi connectivity index (χ0n) is 8.63. The first-order valence-electron chi connectivity index (χ1n) is 4.72. The summed E-state index contributed by atoms with van der Waals surface area (Å²) in [4.78, 5) is 11.0. The molecule has 0 fully saturated rings. The Labute approximate surface area is 80.1 Å². The Bertz CT molecular complexity index is 194. The molecule has 0 aromatic rings. The van der Waals surface area contributed by atoms with Crippen LogP contribution in [0.4, 0.5) is 0 Å². The number of nitriles is 1. The van der Waals surface area contributed by atoms with E-state index in [1.54, 1.807) is 0 Å². The van der Waals surface area contributed by atoms with E-state index in [9.17, 15) is 4.79 Å².